The van der Waals surface area contributed by atoms with Gasteiger partial charge >= 0.3 is 0 Å². The molecule has 0 amide bonds. The third kappa shape index (κ3) is 8.83. The molecule has 0 spiro atoms. The van der Waals surface area contributed by atoms with Gasteiger partial charge in [-0.25, -0.2) is 4.98 Å². The number of benzene rings is 8. The van der Waals surface area contributed by atoms with Crippen molar-refractivity contribution in [3.8, 4) is 17.1 Å². The first-order valence-electron chi connectivity index (χ1n) is 29.4. The molecule has 8 aromatic carbocycles. The van der Waals surface area contributed by atoms with Gasteiger partial charge in [-0.15, -0.1) is 0 Å². The molecule has 13 rings (SSSR count). The maximum Gasteiger partial charge on any atom is 0.252 e. The Balaban J connectivity index is 1.16. The Morgan fingerprint density at radius 1 is 0.570 bits per heavy atom. The van der Waals surface area contributed by atoms with E-state index < -0.39 is 5.41 Å². The number of aromatic nitrogens is 2. The summed E-state index contributed by atoms with van der Waals surface area (Å²) in [6.45, 7) is 11.3. The molecular weight excluding hydrogens is 956 g/mol. The average molecular weight is 1030 g/mol. The molecule has 0 N–H and O–H groups in total. The number of rotatable bonds is 15. The number of anilines is 5. The van der Waals surface area contributed by atoms with Gasteiger partial charge in [0.15, 0.2) is 0 Å². The van der Waals surface area contributed by atoms with Crippen molar-refractivity contribution >= 4 is 62.6 Å². The SMILES string of the molecule is CCCCC1=CCC(N2c3ccc(C)cc3B3c4cc5c(cc4N(c4ccc(CCCC)cc4)c4cc(C(C6=CCC(C)C=C6)(c6ccccc6)c6ccccc6)cc2c43)nc(-c2ccc(CC)cc2)n5-c2ccccc2)C=C1. The molecule has 0 radical (unpaired) electrons. The van der Waals surface area contributed by atoms with Gasteiger partial charge in [-0.05, 0) is 162 Å². The van der Waals surface area contributed by atoms with Crippen molar-refractivity contribution in [2.75, 3.05) is 9.80 Å². The van der Waals surface area contributed by atoms with Crippen molar-refractivity contribution in [3.63, 3.8) is 0 Å². The number of nitrogens with zero attached hydrogens (tertiary/aromatic N) is 4. The summed E-state index contributed by atoms with van der Waals surface area (Å²) in [4.78, 5) is 11.1. The minimum absolute atomic E-state index is 0.0863. The molecule has 1 aromatic heterocycles. The van der Waals surface area contributed by atoms with E-state index in [1.165, 1.54) is 97.2 Å². The number of hydrogen-bond donors (Lipinski definition) is 0. The Bertz CT molecular complexity index is 3790. The van der Waals surface area contributed by atoms with Crippen LogP contribution in [0, 0.1) is 12.8 Å². The molecule has 2 unspecified atom stereocenters. The molecule has 0 saturated carbocycles. The second-order valence-electron chi connectivity index (χ2n) is 22.7. The number of allylic oxidation sites excluding steroid dienone is 6. The number of imidazole rings is 1. The van der Waals surface area contributed by atoms with Crippen LogP contribution in [0.25, 0.3) is 28.1 Å². The zero-order valence-corrected chi connectivity index (χ0v) is 46.7. The van der Waals surface area contributed by atoms with Crippen molar-refractivity contribution < 1.29 is 0 Å². The molecule has 2 aliphatic heterocycles. The van der Waals surface area contributed by atoms with Gasteiger partial charge in [0, 0.05) is 39.7 Å². The summed E-state index contributed by atoms with van der Waals surface area (Å²) < 4.78 is 2.41. The highest BCUT2D eigenvalue weighted by Gasteiger charge is 2.48. The zero-order valence-electron chi connectivity index (χ0n) is 46.7. The second-order valence-corrected chi connectivity index (χ2v) is 22.7. The van der Waals surface area contributed by atoms with Crippen LogP contribution in [0.15, 0.2) is 230 Å². The second kappa shape index (κ2) is 21.2. The smallest absolute Gasteiger partial charge is 0.252 e. The Morgan fingerprint density at radius 2 is 1.24 bits per heavy atom. The van der Waals surface area contributed by atoms with Crippen LogP contribution in [-0.4, -0.2) is 22.3 Å². The van der Waals surface area contributed by atoms with Crippen LogP contribution in [0.4, 0.5) is 28.4 Å². The van der Waals surface area contributed by atoms with Crippen LogP contribution in [0.5, 0.6) is 0 Å². The van der Waals surface area contributed by atoms with Gasteiger partial charge in [-0.3, -0.25) is 4.57 Å². The fraction of sp³-hybridized carbons (Fsp3) is 0.230. The van der Waals surface area contributed by atoms with Crippen molar-refractivity contribution in [1.82, 2.24) is 9.55 Å². The highest BCUT2D eigenvalue weighted by atomic mass is 15.2. The predicted octanol–water partition coefficient (Wildman–Crippen LogP) is 17.0. The van der Waals surface area contributed by atoms with Crippen LogP contribution in [-0.2, 0) is 18.3 Å². The van der Waals surface area contributed by atoms with Crippen LogP contribution in [0.1, 0.15) is 106 Å². The summed E-state index contributed by atoms with van der Waals surface area (Å²) in [6.07, 6.45) is 24.7. The Hall–Kier alpha value is -8.15. The maximum absolute atomic E-state index is 5.70. The molecule has 0 bridgehead atoms. The highest BCUT2D eigenvalue weighted by Crippen LogP contribution is 2.52. The molecule has 79 heavy (non-hydrogen) atoms. The van der Waals surface area contributed by atoms with E-state index in [-0.39, 0.29) is 12.8 Å². The molecule has 2 atom stereocenters. The molecule has 4 aliphatic rings. The van der Waals surface area contributed by atoms with E-state index in [0.29, 0.717) is 5.92 Å². The van der Waals surface area contributed by atoms with Crippen molar-refractivity contribution in [2.24, 2.45) is 5.92 Å². The quantitative estimate of drug-likeness (QED) is 0.0755. The van der Waals surface area contributed by atoms with Gasteiger partial charge < -0.3 is 9.80 Å². The van der Waals surface area contributed by atoms with Crippen LogP contribution < -0.4 is 26.2 Å². The molecular formula is C74H71BN4. The number of fused-ring (bicyclic) bond motifs is 5. The Labute approximate surface area is 469 Å². The predicted molar refractivity (Wildman–Crippen MR) is 336 cm³/mol. The van der Waals surface area contributed by atoms with E-state index in [1.54, 1.807) is 0 Å². The minimum atomic E-state index is -0.661. The van der Waals surface area contributed by atoms with E-state index in [2.05, 4.69) is 267 Å². The first-order chi connectivity index (χ1) is 38.9. The van der Waals surface area contributed by atoms with E-state index in [0.717, 1.165) is 78.0 Å². The molecule has 3 heterocycles. The number of aryl methyl sites for hydroxylation is 3. The van der Waals surface area contributed by atoms with E-state index in [1.807, 2.05) is 0 Å². The lowest BCUT2D eigenvalue weighted by Gasteiger charge is -2.48. The molecule has 9 aromatic rings. The summed E-state index contributed by atoms with van der Waals surface area (Å²) in [6, 6.07) is 69.7. The van der Waals surface area contributed by atoms with Gasteiger partial charge in [0.2, 0.25) is 0 Å². The molecule has 5 heteroatoms. The van der Waals surface area contributed by atoms with Gasteiger partial charge in [0.05, 0.1) is 22.5 Å². The fourth-order valence-corrected chi connectivity index (χ4v) is 13.5. The van der Waals surface area contributed by atoms with Gasteiger partial charge in [0.25, 0.3) is 6.71 Å². The third-order valence-corrected chi connectivity index (χ3v) is 17.6. The molecule has 390 valence electrons. The average Bonchev–Trinajstić information content (AvgIpc) is 4.04. The lowest BCUT2D eigenvalue weighted by molar-refractivity contribution is 0.682. The normalized spacial score (nSPS) is 16.4. The Morgan fingerprint density at radius 3 is 1.90 bits per heavy atom. The summed E-state index contributed by atoms with van der Waals surface area (Å²) in [5.41, 5.74) is 24.1. The van der Waals surface area contributed by atoms with Crippen LogP contribution in [0.2, 0.25) is 0 Å². The number of unbranched alkanes of at least 4 members (excludes halogenated alkanes) is 2. The minimum Gasteiger partial charge on any atom is -0.335 e. The first kappa shape index (κ1) is 50.4. The van der Waals surface area contributed by atoms with Crippen molar-refractivity contribution in [2.45, 2.75) is 104 Å². The van der Waals surface area contributed by atoms with E-state index >= 15 is 0 Å². The first-order valence-corrected chi connectivity index (χ1v) is 29.4. The summed E-state index contributed by atoms with van der Waals surface area (Å²) in [5, 5.41) is 0. The lowest BCUT2D eigenvalue weighted by atomic mass is 9.33. The molecule has 4 nitrogen and oxygen atoms in total. The summed E-state index contributed by atoms with van der Waals surface area (Å²) in [5.74, 6) is 1.40. The zero-order chi connectivity index (χ0) is 53.6. The topological polar surface area (TPSA) is 24.3 Å². The monoisotopic (exact) mass is 1030 g/mol. The largest absolute Gasteiger partial charge is 0.335 e. The van der Waals surface area contributed by atoms with Gasteiger partial charge in [-0.2, -0.15) is 0 Å². The summed E-state index contributed by atoms with van der Waals surface area (Å²) >= 11 is 0. The standard InChI is InChI=1S/C74H71BN4/c1-6-9-20-54-33-41-62(42-34-54)77-67-45-30-52(5)46-64(67)75-65-49-69-66(76-73(56-37-31-53(8-3)32-38-56)79(69)61-26-18-13-19-27-61)50-68(65)78(63-43-35-55(36-44-63)21-10-7-2)71-48-60(47-70(77)72(71)75)74(57-22-14-11-15-23-57,58-24-16-12-17-25-58)59-39-28-51(4)29-40-59/h11-19,22-28,30-41,43-51,62H,6-10,20-21,29,42H2,1-5H3. The molecule has 2 aliphatic carbocycles. The Kier molecular flexibility index (Phi) is 13.5. The molecule has 0 fully saturated rings. The van der Waals surface area contributed by atoms with Gasteiger partial charge in [0.1, 0.15) is 5.82 Å². The van der Waals surface area contributed by atoms with Crippen molar-refractivity contribution in [1.29, 1.82) is 0 Å². The number of hydrogen-bond acceptors (Lipinski definition) is 3. The summed E-state index contributed by atoms with van der Waals surface area (Å²) in [7, 11) is 0. The van der Waals surface area contributed by atoms with E-state index in [9.17, 15) is 0 Å². The fourth-order valence-electron chi connectivity index (χ4n) is 13.5. The van der Waals surface area contributed by atoms with Crippen LogP contribution >= 0.6 is 0 Å². The van der Waals surface area contributed by atoms with Crippen molar-refractivity contribution in [3.05, 3.63) is 263 Å². The maximum atomic E-state index is 5.70. The third-order valence-electron chi connectivity index (χ3n) is 17.6. The van der Waals surface area contributed by atoms with Crippen LogP contribution in [0.3, 0.4) is 0 Å². The lowest BCUT2D eigenvalue weighted by Crippen LogP contribution is -2.63. The van der Waals surface area contributed by atoms with Gasteiger partial charge in [-0.1, -0.05) is 216 Å². The van der Waals surface area contributed by atoms with E-state index in [4.69, 9.17) is 4.98 Å². The highest BCUT2D eigenvalue weighted by molar-refractivity contribution is 7.00. The molecule has 0 saturated heterocycles. The number of para-hydroxylation sites is 1.